The van der Waals surface area contributed by atoms with Gasteiger partial charge < -0.3 is 11.1 Å². The van der Waals surface area contributed by atoms with Crippen LogP contribution < -0.4 is 11.1 Å². The first-order chi connectivity index (χ1) is 7.07. The zero-order chi connectivity index (χ0) is 11.7. The minimum absolute atomic E-state index is 0.0390. The Morgan fingerprint density at radius 2 is 2.27 bits per heavy atom. The minimum Gasteiger partial charge on any atom is -0.354 e. The Balaban J connectivity index is 3.51. The highest BCUT2D eigenvalue weighted by Gasteiger charge is 2.13. The minimum atomic E-state index is -0.366. The number of nitrogens with one attached hydrogen (secondary N) is 1. The van der Waals surface area contributed by atoms with Crippen molar-refractivity contribution < 1.29 is 4.79 Å². The molecule has 0 bridgehead atoms. The van der Waals surface area contributed by atoms with Crippen LogP contribution in [0.5, 0.6) is 0 Å². The fourth-order valence-electron chi connectivity index (χ4n) is 1.16. The zero-order valence-corrected chi connectivity index (χ0v) is 10.5. The Morgan fingerprint density at radius 1 is 1.60 bits per heavy atom. The van der Waals surface area contributed by atoms with Crippen molar-refractivity contribution in [3.05, 3.63) is 12.7 Å². The third-order valence-electron chi connectivity index (χ3n) is 1.84. The molecule has 0 fully saturated rings. The first-order valence-electron chi connectivity index (χ1n) is 5.29. The highest BCUT2D eigenvalue weighted by Crippen LogP contribution is 2.02. The number of hydrogen-bond donors (Lipinski definition) is 2. The Morgan fingerprint density at radius 3 is 2.80 bits per heavy atom. The van der Waals surface area contributed by atoms with Crippen LogP contribution in [0.1, 0.15) is 20.3 Å². The van der Waals surface area contributed by atoms with Gasteiger partial charge in [0.05, 0.1) is 6.04 Å². The van der Waals surface area contributed by atoms with Crippen molar-refractivity contribution in [2.75, 3.05) is 18.1 Å². The van der Waals surface area contributed by atoms with E-state index in [4.69, 9.17) is 5.73 Å². The Kier molecular flexibility index (Phi) is 8.52. The van der Waals surface area contributed by atoms with Crippen LogP contribution in [0, 0.1) is 5.92 Å². The summed E-state index contributed by atoms with van der Waals surface area (Å²) in [5, 5.41) is 2.83. The third-order valence-corrected chi connectivity index (χ3v) is 2.81. The molecule has 0 heterocycles. The van der Waals surface area contributed by atoms with Crippen molar-refractivity contribution in [1.29, 1.82) is 0 Å². The van der Waals surface area contributed by atoms with E-state index in [1.165, 1.54) is 0 Å². The average molecular weight is 230 g/mol. The molecule has 0 saturated carbocycles. The second-order valence-corrected chi connectivity index (χ2v) is 5.04. The first-order valence-corrected chi connectivity index (χ1v) is 6.45. The normalized spacial score (nSPS) is 12.5. The quantitative estimate of drug-likeness (QED) is 0.489. The molecular weight excluding hydrogens is 208 g/mol. The molecule has 0 unspecified atom stereocenters. The summed E-state index contributed by atoms with van der Waals surface area (Å²) in [7, 11) is 0. The Hall–Kier alpha value is -0.480. The first kappa shape index (κ1) is 14.5. The van der Waals surface area contributed by atoms with E-state index >= 15 is 0 Å². The smallest absolute Gasteiger partial charge is 0.236 e. The van der Waals surface area contributed by atoms with Crippen LogP contribution in [-0.4, -0.2) is 30.0 Å². The van der Waals surface area contributed by atoms with Gasteiger partial charge in [-0.2, -0.15) is 11.8 Å². The summed E-state index contributed by atoms with van der Waals surface area (Å²) in [6, 6.07) is -0.366. The molecule has 0 rings (SSSR count). The van der Waals surface area contributed by atoms with E-state index in [1.54, 1.807) is 11.8 Å². The maximum atomic E-state index is 11.4. The van der Waals surface area contributed by atoms with Crippen molar-refractivity contribution in [3.63, 3.8) is 0 Å². The number of rotatable bonds is 8. The molecule has 0 aliphatic rings. The monoisotopic (exact) mass is 230 g/mol. The van der Waals surface area contributed by atoms with Crippen LogP contribution in [0.2, 0.25) is 0 Å². The van der Waals surface area contributed by atoms with Gasteiger partial charge in [0.15, 0.2) is 0 Å². The van der Waals surface area contributed by atoms with Crippen LogP contribution in [0.3, 0.4) is 0 Å². The second kappa shape index (κ2) is 8.80. The SMILES string of the molecule is C=CCSCCNC(=O)[C@@H](N)CC(C)C. The maximum Gasteiger partial charge on any atom is 0.236 e. The van der Waals surface area contributed by atoms with Crippen molar-refractivity contribution >= 4 is 17.7 Å². The van der Waals surface area contributed by atoms with Gasteiger partial charge in [0, 0.05) is 18.1 Å². The summed E-state index contributed by atoms with van der Waals surface area (Å²) in [4.78, 5) is 11.4. The van der Waals surface area contributed by atoms with E-state index in [2.05, 4.69) is 25.7 Å². The average Bonchev–Trinajstić information content (AvgIpc) is 2.16. The van der Waals surface area contributed by atoms with Gasteiger partial charge in [0.25, 0.3) is 0 Å². The summed E-state index contributed by atoms with van der Waals surface area (Å²) < 4.78 is 0. The fourth-order valence-corrected chi connectivity index (χ4v) is 1.74. The predicted octanol–water partition coefficient (Wildman–Crippen LogP) is 1.40. The van der Waals surface area contributed by atoms with Crippen molar-refractivity contribution in [2.45, 2.75) is 26.3 Å². The molecule has 4 heteroatoms. The van der Waals surface area contributed by atoms with Crippen LogP contribution in [0.15, 0.2) is 12.7 Å². The van der Waals surface area contributed by atoms with Crippen molar-refractivity contribution in [3.8, 4) is 0 Å². The van der Waals surface area contributed by atoms with Gasteiger partial charge in [-0.15, -0.1) is 6.58 Å². The van der Waals surface area contributed by atoms with Gasteiger partial charge >= 0.3 is 0 Å². The molecule has 0 spiro atoms. The van der Waals surface area contributed by atoms with Crippen LogP contribution in [0.25, 0.3) is 0 Å². The standard InChI is InChI=1S/C11H22N2OS/c1-4-6-15-7-5-13-11(14)10(12)8-9(2)3/h4,9-10H,1,5-8,12H2,2-3H3,(H,13,14)/t10-/m0/s1. The lowest BCUT2D eigenvalue weighted by molar-refractivity contribution is -0.122. The lowest BCUT2D eigenvalue weighted by atomic mass is 10.0. The van der Waals surface area contributed by atoms with E-state index < -0.39 is 0 Å². The molecule has 0 aliphatic heterocycles. The molecule has 0 aliphatic carbocycles. The lowest BCUT2D eigenvalue weighted by Gasteiger charge is -2.13. The van der Waals surface area contributed by atoms with Crippen molar-refractivity contribution in [1.82, 2.24) is 5.32 Å². The fraction of sp³-hybridized carbons (Fsp3) is 0.727. The highest BCUT2D eigenvalue weighted by molar-refractivity contribution is 7.99. The van der Waals surface area contributed by atoms with Crippen molar-refractivity contribution in [2.24, 2.45) is 11.7 Å². The molecule has 0 aromatic rings. The highest BCUT2D eigenvalue weighted by atomic mass is 32.2. The summed E-state index contributed by atoms with van der Waals surface area (Å²) in [5.74, 6) is 2.25. The van der Waals surface area contributed by atoms with Gasteiger partial charge in [0.2, 0.25) is 5.91 Å². The number of thioether (sulfide) groups is 1. The van der Waals surface area contributed by atoms with E-state index in [0.717, 1.165) is 17.9 Å². The topological polar surface area (TPSA) is 55.1 Å². The van der Waals surface area contributed by atoms with Gasteiger partial charge in [-0.05, 0) is 12.3 Å². The zero-order valence-electron chi connectivity index (χ0n) is 9.66. The second-order valence-electron chi connectivity index (χ2n) is 3.89. The molecule has 1 atom stereocenters. The molecule has 1 amide bonds. The van der Waals surface area contributed by atoms with E-state index in [-0.39, 0.29) is 11.9 Å². The largest absolute Gasteiger partial charge is 0.354 e. The van der Waals surface area contributed by atoms with Crippen LogP contribution in [0.4, 0.5) is 0 Å². The summed E-state index contributed by atoms with van der Waals surface area (Å²) in [5.41, 5.74) is 5.72. The number of hydrogen-bond acceptors (Lipinski definition) is 3. The molecule has 3 nitrogen and oxygen atoms in total. The Bertz CT molecular complexity index is 195. The van der Waals surface area contributed by atoms with Gasteiger partial charge in [0.1, 0.15) is 0 Å². The number of nitrogens with two attached hydrogens (primary N) is 1. The Labute approximate surface area is 96.9 Å². The molecule has 15 heavy (non-hydrogen) atoms. The molecule has 0 aromatic carbocycles. The number of carbonyl (C=O) groups is 1. The van der Waals surface area contributed by atoms with Gasteiger partial charge in [-0.1, -0.05) is 19.9 Å². The van der Waals surface area contributed by atoms with E-state index in [0.29, 0.717) is 12.5 Å². The molecule has 3 N–H and O–H groups in total. The van der Waals surface area contributed by atoms with Crippen LogP contribution in [-0.2, 0) is 4.79 Å². The number of carbonyl (C=O) groups excluding carboxylic acids is 1. The molecule has 88 valence electrons. The van der Waals surface area contributed by atoms with Gasteiger partial charge in [-0.25, -0.2) is 0 Å². The lowest BCUT2D eigenvalue weighted by Crippen LogP contribution is -2.42. The molecule has 0 aromatic heterocycles. The predicted molar refractivity (Wildman–Crippen MR) is 68.0 cm³/mol. The summed E-state index contributed by atoms with van der Waals surface area (Å²) in [6.07, 6.45) is 2.60. The van der Waals surface area contributed by atoms with E-state index in [1.807, 2.05) is 6.08 Å². The number of amides is 1. The van der Waals surface area contributed by atoms with E-state index in [9.17, 15) is 4.79 Å². The van der Waals surface area contributed by atoms with Crippen LogP contribution >= 0.6 is 11.8 Å². The maximum absolute atomic E-state index is 11.4. The van der Waals surface area contributed by atoms with Gasteiger partial charge in [-0.3, -0.25) is 4.79 Å². The molecule has 0 radical (unpaired) electrons. The summed E-state index contributed by atoms with van der Waals surface area (Å²) >= 11 is 1.75. The summed E-state index contributed by atoms with van der Waals surface area (Å²) in [6.45, 7) is 8.43. The molecular formula is C11H22N2OS. The third kappa shape index (κ3) is 8.51. The molecule has 0 saturated heterocycles.